The number of anilines is 3. The first-order valence-electron chi connectivity index (χ1n) is 23.1. The Hall–Kier alpha value is -8.20. The van der Waals surface area contributed by atoms with Crippen molar-refractivity contribution in [2.24, 2.45) is 0 Å². The van der Waals surface area contributed by atoms with Crippen molar-refractivity contribution in [2.45, 2.75) is 24.7 Å². The highest BCUT2D eigenvalue weighted by molar-refractivity contribution is 6.03. The molecule has 1 spiro atoms. The van der Waals surface area contributed by atoms with Crippen LogP contribution >= 0.6 is 0 Å². The molecule has 1 heterocycles. The lowest BCUT2D eigenvalue weighted by atomic mass is 9.65. The first kappa shape index (κ1) is 37.2. The summed E-state index contributed by atoms with van der Waals surface area (Å²) in [6, 6.07) is 83.2. The minimum atomic E-state index is -0.606. The van der Waals surface area contributed by atoms with Crippen LogP contribution in [0.5, 0.6) is 11.5 Å². The molecule has 0 saturated heterocycles. The fraction of sp³-hybridized carbons (Fsp3) is 0.0625. The Balaban J connectivity index is 0.971. The van der Waals surface area contributed by atoms with E-state index < -0.39 is 5.41 Å². The number of hydrogen-bond acceptors (Lipinski definition) is 2. The highest BCUT2D eigenvalue weighted by Crippen LogP contribution is 2.65. The number of benzene rings is 11. The Kier molecular flexibility index (Phi) is 7.70. The summed E-state index contributed by atoms with van der Waals surface area (Å²) in [4.78, 5) is 2.45. The van der Waals surface area contributed by atoms with Gasteiger partial charge in [0, 0.05) is 44.1 Å². The average molecular weight is 842 g/mol. The molecule has 66 heavy (non-hydrogen) atoms. The van der Waals surface area contributed by atoms with Gasteiger partial charge in [-0.1, -0.05) is 208 Å². The van der Waals surface area contributed by atoms with Crippen molar-refractivity contribution < 1.29 is 4.74 Å². The summed E-state index contributed by atoms with van der Waals surface area (Å²) in [5.41, 5.74) is 17.9. The first-order chi connectivity index (χ1) is 32.5. The largest absolute Gasteiger partial charge is 0.455 e. The predicted octanol–water partition coefficient (Wildman–Crippen LogP) is 17.1. The highest BCUT2D eigenvalue weighted by Gasteiger charge is 2.52. The Labute approximate surface area is 384 Å². The average Bonchev–Trinajstić information content (AvgIpc) is 3.79. The predicted molar refractivity (Wildman–Crippen MR) is 274 cm³/mol. The van der Waals surface area contributed by atoms with Gasteiger partial charge in [-0.15, -0.1) is 0 Å². The Morgan fingerprint density at radius 3 is 1.58 bits per heavy atom. The van der Waals surface area contributed by atoms with Crippen molar-refractivity contribution in [3.05, 3.63) is 258 Å². The van der Waals surface area contributed by atoms with Crippen LogP contribution in [0.4, 0.5) is 17.1 Å². The summed E-state index contributed by atoms with van der Waals surface area (Å²) in [6.07, 6.45) is 0. The fourth-order valence-corrected chi connectivity index (χ4v) is 12.1. The second kappa shape index (κ2) is 13.7. The molecule has 2 nitrogen and oxygen atoms in total. The van der Waals surface area contributed by atoms with E-state index in [1.54, 1.807) is 0 Å². The zero-order valence-corrected chi connectivity index (χ0v) is 36.7. The number of rotatable bonds is 4. The van der Waals surface area contributed by atoms with E-state index >= 15 is 0 Å². The van der Waals surface area contributed by atoms with Gasteiger partial charge in [0.05, 0.1) is 11.1 Å². The standard InChI is InChI=1S/C64H43NO/c1-63(2)53-25-11-9-22-50(53)51-36-35-45(39-58(51)63)65(59-28-13-18-40-15-3-6-19-46(40)59)44-33-29-43(30-34-44)47-24-14-27-55-60(47)52-23-10-12-26-54(52)64(55)56-37-31-41-16-4-7-20-48(41)61(56)66-62-49-21-8-5-17-42(49)32-38-57(62)64/h3-39H,1-2H3. The van der Waals surface area contributed by atoms with Crippen LogP contribution in [0.1, 0.15) is 47.2 Å². The first-order valence-corrected chi connectivity index (χ1v) is 23.1. The van der Waals surface area contributed by atoms with Gasteiger partial charge in [0.15, 0.2) is 0 Å². The maximum absolute atomic E-state index is 7.22. The van der Waals surface area contributed by atoms with Crippen molar-refractivity contribution in [2.75, 3.05) is 4.90 Å². The molecule has 0 unspecified atom stereocenters. The lowest BCUT2D eigenvalue weighted by molar-refractivity contribution is 0.447. The summed E-state index contributed by atoms with van der Waals surface area (Å²) in [5, 5.41) is 7.02. The Morgan fingerprint density at radius 2 is 0.864 bits per heavy atom. The van der Waals surface area contributed by atoms with E-state index in [-0.39, 0.29) is 5.41 Å². The van der Waals surface area contributed by atoms with Crippen molar-refractivity contribution in [3.63, 3.8) is 0 Å². The molecule has 310 valence electrons. The molecule has 1 aliphatic heterocycles. The van der Waals surface area contributed by atoms with Crippen LogP contribution in [0, 0.1) is 0 Å². The molecule has 2 aliphatic carbocycles. The molecule has 11 aromatic rings. The molecule has 0 aromatic heterocycles. The molecule has 0 amide bonds. The van der Waals surface area contributed by atoms with Crippen LogP contribution in [0.25, 0.3) is 65.7 Å². The lowest BCUT2D eigenvalue weighted by Gasteiger charge is -2.40. The van der Waals surface area contributed by atoms with Crippen molar-refractivity contribution in [1.82, 2.24) is 0 Å². The SMILES string of the molecule is CC1(C)c2ccccc2-c2ccc(N(c3ccc(-c4cccc5c4-c4ccccc4C54c5ccc6ccccc6c5Oc5c4ccc4ccccc54)cc3)c3cccc4ccccc34)cc21. The minimum absolute atomic E-state index is 0.122. The van der Waals surface area contributed by atoms with Crippen LogP contribution in [-0.2, 0) is 10.8 Å². The Morgan fingerprint density at radius 1 is 0.348 bits per heavy atom. The van der Waals surface area contributed by atoms with Crippen molar-refractivity contribution in [1.29, 1.82) is 0 Å². The van der Waals surface area contributed by atoms with E-state index in [4.69, 9.17) is 4.74 Å². The smallest absolute Gasteiger partial charge is 0.140 e. The topological polar surface area (TPSA) is 12.5 Å². The van der Waals surface area contributed by atoms with Gasteiger partial charge in [-0.2, -0.15) is 0 Å². The molecule has 2 heteroatoms. The third kappa shape index (κ3) is 4.96. The zero-order chi connectivity index (χ0) is 43.7. The molecular weight excluding hydrogens is 799 g/mol. The molecular formula is C64H43NO. The maximum Gasteiger partial charge on any atom is 0.140 e. The van der Waals surface area contributed by atoms with E-state index in [0.29, 0.717) is 0 Å². The van der Waals surface area contributed by atoms with Crippen LogP contribution in [0.3, 0.4) is 0 Å². The second-order valence-corrected chi connectivity index (χ2v) is 18.7. The van der Waals surface area contributed by atoms with Gasteiger partial charge in [-0.3, -0.25) is 0 Å². The quantitative estimate of drug-likeness (QED) is 0.175. The summed E-state index contributed by atoms with van der Waals surface area (Å²) >= 11 is 0. The summed E-state index contributed by atoms with van der Waals surface area (Å²) < 4.78 is 7.22. The maximum atomic E-state index is 7.22. The van der Waals surface area contributed by atoms with Crippen molar-refractivity contribution in [3.8, 4) is 44.9 Å². The summed E-state index contributed by atoms with van der Waals surface area (Å²) in [6.45, 7) is 4.72. The third-order valence-corrected chi connectivity index (χ3v) is 15.1. The molecule has 0 saturated carbocycles. The van der Waals surface area contributed by atoms with E-state index in [2.05, 4.69) is 243 Å². The number of hydrogen-bond donors (Lipinski definition) is 0. The Bertz CT molecular complexity index is 3750. The monoisotopic (exact) mass is 841 g/mol. The molecule has 0 fully saturated rings. The van der Waals surface area contributed by atoms with Crippen LogP contribution in [-0.4, -0.2) is 0 Å². The lowest BCUT2D eigenvalue weighted by Crippen LogP contribution is -2.32. The van der Waals surface area contributed by atoms with Crippen molar-refractivity contribution >= 4 is 49.4 Å². The molecule has 11 aromatic carbocycles. The normalized spacial score (nSPS) is 14.3. The third-order valence-electron chi connectivity index (χ3n) is 15.1. The van der Waals surface area contributed by atoms with Crippen LogP contribution in [0.2, 0.25) is 0 Å². The number of nitrogens with zero attached hydrogens (tertiary/aromatic N) is 1. The molecule has 0 N–H and O–H groups in total. The van der Waals surface area contributed by atoms with Gasteiger partial charge < -0.3 is 9.64 Å². The van der Waals surface area contributed by atoms with E-state index in [1.807, 2.05) is 0 Å². The molecule has 14 rings (SSSR count). The van der Waals surface area contributed by atoms with Gasteiger partial charge >= 0.3 is 0 Å². The zero-order valence-electron chi connectivity index (χ0n) is 36.7. The van der Waals surface area contributed by atoms with Gasteiger partial charge in [-0.25, -0.2) is 0 Å². The molecule has 3 aliphatic rings. The molecule has 0 bridgehead atoms. The van der Waals surface area contributed by atoms with E-state index in [1.165, 1.54) is 88.3 Å². The number of fused-ring (bicyclic) bond motifs is 17. The van der Waals surface area contributed by atoms with Gasteiger partial charge in [0.2, 0.25) is 0 Å². The highest BCUT2D eigenvalue weighted by atomic mass is 16.5. The van der Waals surface area contributed by atoms with Gasteiger partial charge in [0.1, 0.15) is 11.5 Å². The summed E-state index contributed by atoms with van der Waals surface area (Å²) in [7, 11) is 0. The minimum Gasteiger partial charge on any atom is -0.455 e. The summed E-state index contributed by atoms with van der Waals surface area (Å²) in [5.74, 6) is 1.86. The second-order valence-electron chi connectivity index (χ2n) is 18.7. The van der Waals surface area contributed by atoms with Crippen LogP contribution in [0.15, 0.2) is 224 Å². The molecule has 0 atom stereocenters. The van der Waals surface area contributed by atoms with E-state index in [9.17, 15) is 0 Å². The van der Waals surface area contributed by atoms with Crippen LogP contribution < -0.4 is 9.64 Å². The van der Waals surface area contributed by atoms with Gasteiger partial charge in [0.25, 0.3) is 0 Å². The molecule has 0 radical (unpaired) electrons. The fourth-order valence-electron chi connectivity index (χ4n) is 12.1. The number of ether oxygens (including phenoxy) is 1. The van der Waals surface area contributed by atoms with E-state index in [0.717, 1.165) is 39.3 Å². The van der Waals surface area contributed by atoms with Gasteiger partial charge in [-0.05, 0) is 102 Å².